The molecule has 2 aromatic rings. The topological polar surface area (TPSA) is 98.8 Å². The second-order valence-corrected chi connectivity index (χ2v) is 9.06. The minimum atomic E-state index is -0.558. The van der Waals surface area contributed by atoms with Gasteiger partial charge in [0.1, 0.15) is 11.6 Å². The highest BCUT2D eigenvalue weighted by molar-refractivity contribution is 6.04. The third kappa shape index (κ3) is 4.60. The van der Waals surface area contributed by atoms with Crippen molar-refractivity contribution in [2.75, 3.05) is 33.5 Å². The number of rotatable bonds is 6. The minimum absolute atomic E-state index is 0.124. The van der Waals surface area contributed by atoms with E-state index in [9.17, 15) is 28.0 Å². The summed E-state index contributed by atoms with van der Waals surface area (Å²) in [5, 5.41) is 5.40. The fourth-order valence-electron chi connectivity index (χ4n) is 4.64. The summed E-state index contributed by atoms with van der Waals surface area (Å²) in [7, 11) is 0. The molecular weight excluding hydrogens is 458 g/mol. The van der Waals surface area contributed by atoms with Crippen molar-refractivity contribution in [3.8, 4) is 0 Å². The Hall–Kier alpha value is -3.82. The zero-order valence-corrected chi connectivity index (χ0v) is 18.9. The maximum atomic E-state index is 14.2. The van der Waals surface area contributed by atoms with Gasteiger partial charge >= 0.3 is 0 Å². The van der Waals surface area contributed by atoms with Crippen molar-refractivity contribution in [3.63, 3.8) is 0 Å². The molecule has 2 saturated heterocycles. The first kappa shape index (κ1) is 22.9. The first-order valence-electron chi connectivity index (χ1n) is 11.6. The first-order valence-corrected chi connectivity index (χ1v) is 11.6. The number of benzene rings is 2. The molecule has 5 rings (SSSR count). The zero-order chi connectivity index (χ0) is 24.7. The molecule has 0 radical (unpaired) electrons. The predicted molar refractivity (Wildman–Crippen MR) is 125 cm³/mol. The van der Waals surface area contributed by atoms with Gasteiger partial charge in [-0.05, 0) is 55.7 Å². The number of hydrogen-bond acceptors (Lipinski definition) is 4. The number of nitrogens with zero attached hydrogens (tertiary/aromatic N) is 2. The summed E-state index contributed by atoms with van der Waals surface area (Å²) in [6, 6.07) is 8.07. The van der Waals surface area contributed by atoms with Crippen LogP contribution >= 0.6 is 0 Å². The lowest BCUT2D eigenvalue weighted by atomic mass is 10.2. The zero-order valence-electron chi connectivity index (χ0n) is 18.9. The van der Waals surface area contributed by atoms with Crippen molar-refractivity contribution in [1.29, 1.82) is 0 Å². The van der Waals surface area contributed by atoms with Crippen LogP contribution in [-0.4, -0.2) is 36.7 Å². The lowest BCUT2D eigenvalue weighted by molar-refractivity contribution is -0.122. The fraction of sp³-hybridized carbons (Fsp3) is 0.360. The Balaban J connectivity index is 1.21. The molecule has 10 heteroatoms. The molecule has 2 aliphatic heterocycles. The quantitative estimate of drug-likeness (QED) is 0.659. The van der Waals surface area contributed by atoms with Crippen LogP contribution in [0.25, 0.3) is 0 Å². The molecule has 3 fully saturated rings. The Labute approximate surface area is 200 Å². The van der Waals surface area contributed by atoms with Crippen LogP contribution in [0.3, 0.4) is 0 Å². The number of hydrogen-bond donors (Lipinski definition) is 2. The van der Waals surface area contributed by atoms with Gasteiger partial charge in [-0.25, -0.2) is 8.78 Å². The van der Waals surface area contributed by atoms with Crippen LogP contribution in [0.1, 0.15) is 32.1 Å². The number of carbonyl (C=O) groups excluding carboxylic acids is 4. The van der Waals surface area contributed by atoms with Crippen molar-refractivity contribution in [2.45, 2.75) is 32.1 Å². The summed E-state index contributed by atoms with van der Waals surface area (Å²) in [4.78, 5) is 52.0. The van der Waals surface area contributed by atoms with Gasteiger partial charge < -0.3 is 20.4 Å². The summed E-state index contributed by atoms with van der Waals surface area (Å²) >= 11 is 0. The van der Waals surface area contributed by atoms with Crippen molar-refractivity contribution in [2.24, 2.45) is 11.8 Å². The standard InChI is InChI=1S/C25H24F2N4O4/c26-18-7-5-14(11-20(18)30-9-1-3-22(30)32)28-24(34)16-13-17(16)25(35)29-15-6-8-19(27)21(12-15)31-10-2-4-23(31)33/h5-8,11-12,16-17H,1-4,9-10,13H2,(H,28,34)(H,29,35). The number of carbonyl (C=O) groups is 4. The maximum Gasteiger partial charge on any atom is 0.228 e. The van der Waals surface area contributed by atoms with Crippen molar-refractivity contribution in [3.05, 3.63) is 48.0 Å². The highest BCUT2D eigenvalue weighted by Crippen LogP contribution is 2.41. The summed E-state index contributed by atoms with van der Waals surface area (Å²) in [6.07, 6.45) is 2.36. The average molecular weight is 482 g/mol. The molecule has 8 nitrogen and oxygen atoms in total. The van der Waals surface area contributed by atoms with Crippen molar-refractivity contribution in [1.82, 2.24) is 0 Å². The van der Waals surface area contributed by atoms with Crippen LogP contribution in [0.5, 0.6) is 0 Å². The van der Waals surface area contributed by atoms with E-state index in [4.69, 9.17) is 0 Å². The van der Waals surface area contributed by atoms with Crippen LogP contribution in [0, 0.1) is 23.5 Å². The van der Waals surface area contributed by atoms with Crippen molar-refractivity contribution >= 4 is 46.4 Å². The molecule has 182 valence electrons. The van der Waals surface area contributed by atoms with Crippen LogP contribution < -0.4 is 20.4 Å². The molecule has 2 heterocycles. The lowest BCUT2D eigenvalue weighted by Crippen LogP contribution is -2.25. The molecule has 1 saturated carbocycles. The second kappa shape index (κ2) is 9.09. The van der Waals surface area contributed by atoms with E-state index in [1.54, 1.807) is 0 Å². The Morgan fingerprint density at radius 1 is 0.743 bits per heavy atom. The molecular formula is C25H24F2N4O4. The van der Waals surface area contributed by atoms with E-state index in [-0.39, 0.29) is 35.0 Å². The molecule has 35 heavy (non-hydrogen) atoms. The summed E-state index contributed by atoms with van der Waals surface area (Å²) in [5.41, 5.74) is 0.934. The number of halogens is 2. The number of nitrogens with one attached hydrogen (secondary N) is 2. The summed E-state index contributed by atoms with van der Waals surface area (Å²) in [5.74, 6) is -3.29. The first-order chi connectivity index (χ1) is 16.8. The SMILES string of the molecule is O=C(Nc1ccc(F)c(N2CCCC2=O)c1)C1CC1C(=O)Nc1ccc(F)c(N2CCCC2=O)c1. The maximum absolute atomic E-state index is 14.2. The van der Waals surface area contributed by atoms with Gasteiger partial charge in [0, 0.05) is 37.3 Å². The third-order valence-electron chi connectivity index (χ3n) is 6.62. The molecule has 0 aromatic heterocycles. The molecule has 2 N–H and O–H groups in total. The normalized spacial score (nSPS) is 21.4. The monoisotopic (exact) mass is 482 g/mol. The van der Waals surface area contributed by atoms with Crippen LogP contribution in [0.2, 0.25) is 0 Å². The highest BCUT2D eigenvalue weighted by atomic mass is 19.1. The predicted octanol–water partition coefficient (Wildman–Crippen LogP) is 3.43. The molecule has 2 aromatic carbocycles. The number of anilines is 4. The minimum Gasteiger partial charge on any atom is -0.326 e. The Morgan fingerprint density at radius 2 is 1.17 bits per heavy atom. The van der Waals surface area contributed by atoms with Gasteiger partial charge in [0.2, 0.25) is 23.6 Å². The van der Waals surface area contributed by atoms with Crippen LogP contribution in [-0.2, 0) is 19.2 Å². The fourth-order valence-corrected chi connectivity index (χ4v) is 4.64. The molecule has 2 atom stereocenters. The van der Waals surface area contributed by atoms with Crippen LogP contribution in [0.4, 0.5) is 31.5 Å². The van der Waals surface area contributed by atoms with Gasteiger partial charge in [-0.1, -0.05) is 0 Å². The Morgan fingerprint density at radius 3 is 1.54 bits per heavy atom. The molecule has 2 unspecified atom stereocenters. The van der Waals surface area contributed by atoms with Crippen molar-refractivity contribution < 1.29 is 28.0 Å². The van der Waals surface area contributed by atoms with E-state index in [0.717, 1.165) is 0 Å². The highest BCUT2D eigenvalue weighted by Gasteiger charge is 2.48. The lowest BCUT2D eigenvalue weighted by Gasteiger charge is -2.18. The van der Waals surface area contributed by atoms with E-state index in [1.165, 1.54) is 46.2 Å². The molecule has 0 bridgehead atoms. The Bertz CT molecular complexity index is 1140. The van der Waals surface area contributed by atoms with Crippen LogP contribution in [0.15, 0.2) is 36.4 Å². The third-order valence-corrected chi connectivity index (χ3v) is 6.62. The number of amides is 4. The van der Waals surface area contributed by atoms with E-state index in [0.29, 0.717) is 56.6 Å². The smallest absolute Gasteiger partial charge is 0.228 e. The molecule has 1 aliphatic carbocycles. The Kier molecular flexibility index (Phi) is 5.96. The summed E-state index contributed by atoms with van der Waals surface area (Å²) in [6.45, 7) is 0.851. The van der Waals surface area contributed by atoms with Gasteiger partial charge in [0.05, 0.1) is 23.2 Å². The van der Waals surface area contributed by atoms with E-state index in [2.05, 4.69) is 10.6 Å². The van der Waals surface area contributed by atoms with E-state index >= 15 is 0 Å². The van der Waals surface area contributed by atoms with Gasteiger partial charge in [-0.2, -0.15) is 0 Å². The molecule has 0 spiro atoms. The van der Waals surface area contributed by atoms with E-state index in [1.807, 2.05) is 0 Å². The summed E-state index contributed by atoms with van der Waals surface area (Å²) < 4.78 is 28.5. The van der Waals surface area contributed by atoms with Gasteiger partial charge in [-0.3, -0.25) is 19.2 Å². The molecule has 3 aliphatic rings. The molecule has 4 amide bonds. The van der Waals surface area contributed by atoms with Gasteiger partial charge in [0.25, 0.3) is 0 Å². The van der Waals surface area contributed by atoms with Gasteiger partial charge in [0.15, 0.2) is 0 Å². The van der Waals surface area contributed by atoms with Gasteiger partial charge in [-0.15, -0.1) is 0 Å². The largest absolute Gasteiger partial charge is 0.326 e. The van der Waals surface area contributed by atoms with E-state index < -0.39 is 23.5 Å². The average Bonchev–Trinajstić information content (AvgIpc) is 3.37. The second-order valence-electron chi connectivity index (χ2n) is 9.06.